The van der Waals surface area contributed by atoms with Gasteiger partial charge < -0.3 is 9.47 Å². The summed E-state index contributed by atoms with van der Waals surface area (Å²) >= 11 is 0. The van der Waals surface area contributed by atoms with Gasteiger partial charge in [-0.1, -0.05) is 36.4 Å². The van der Waals surface area contributed by atoms with Crippen LogP contribution in [0.3, 0.4) is 0 Å². The SMILES string of the molecule is O=C(CCCC(=O)NN=Cc1ccc(OC(=O)c2ccccc2)cc1)NN=Cc1ccc(OC(=O)c2ccccc2)cc1. The third-order valence-electron chi connectivity index (χ3n) is 5.81. The van der Waals surface area contributed by atoms with Crippen LogP contribution in [0.4, 0.5) is 0 Å². The van der Waals surface area contributed by atoms with Gasteiger partial charge in [-0.05, 0) is 90.3 Å². The number of hydrogen-bond acceptors (Lipinski definition) is 8. The van der Waals surface area contributed by atoms with E-state index in [1.54, 1.807) is 97.1 Å². The summed E-state index contributed by atoms with van der Waals surface area (Å²) in [5.41, 5.74) is 7.13. The van der Waals surface area contributed by atoms with Gasteiger partial charge in [0.25, 0.3) is 0 Å². The number of carbonyl (C=O) groups excluding carboxylic acids is 4. The van der Waals surface area contributed by atoms with Crippen LogP contribution in [0.2, 0.25) is 0 Å². The summed E-state index contributed by atoms with van der Waals surface area (Å²) in [6.07, 6.45) is 3.44. The summed E-state index contributed by atoms with van der Waals surface area (Å²) in [5, 5.41) is 7.83. The molecule has 0 spiro atoms. The van der Waals surface area contributed by atoms with E-state index in [1.165, 1.54) is 12.4 Å². The number of benzene rings is 4. The summed E-state index contributed by atoms with van der Waals surface area (Å²) < 4.78 is 10.7. The van der Waals surface area contributed by atoms with Gasteiger partial charge in [0.15, 0.2) is 0 Å². The lowest BCUT2D eigenvalue weighted by molar-refractivity contribution is -0.122. The number of amides is 2. The van der Waals surface area contributed by atoms with Gasteiger partial charge in [0.2, 0.25) is 11.8 Å². The zero-order chi connectivity index (χ0) is 30.3. The van der Waals surface area contributed by atoms with Crippen molar-refractivity contribution in [2.75, 3.05) is 0 Å². The van der Waals surface area contributed by atoms with Gasteiger partial charge in [-0.2, -0.15) is 10.2 Å². The molecule has 0 aliphatic carbocycles. The van der Waals surface area contributed by atoms with Crippen LogP contribution in [0.1, 0.15) is 51.1 Å². The molecule has 2 N–H and O–H groups in total. The fraction of sp³-hybridized carbons (Fsp3) is 0.0909. The summed E-state index contributed by atoms with van der Waals surface area (Å²) in [7, 11) is 0. The van der Waals surface area contributed by atoms with Crippen molar-refractivity contribution in [1.82, 2.24) is 10.9 Å². The van der Waals surface area contributed by atoms with Crippen LogP contribution in [0.15, 0.2) is 119 Å². The van der Waals surface area contributed by atoms with Crippen molar-refractivity contribution in [2.24, 2.45) is 10.2 Å². The van der Waals surface area contributed by atoms with Crippen LogP contribution >= 0.6 is 0 Å². The molecular formula is C33H28N4O6. The number of nitrogens with zero attached hydrogens (tertiary/aromatic N) is 2. The van der Waals surface area contributed by atoms with Crippen LogP contribution in [0.5, 0.6) is 11.5 Å². The Hall–Kier alpha value is -5.90. The minimum atomic E-state index is -0.454. The number of hydrazone groups is 2. The average Bonchev–Trinajstić information content (AvgIpc) is 3.03. The largest absolute Gasteiger partial charge is 0.423 e. The lowest BCUT2D eigenvalue weighted by Crippen LogP contribution is -2.20. The monoisotopic (exact) mass is 576 g/mol. The molecule has 0 heterocycles. The second-order valence-electron chi connectivity index (χ2n) is 9.09. The Morgan fingerprint density at radius 1 is 0.535 bits per heavy atom. The van der Waals surface area contributed by atoms with Crippen LogP contribution in [0.25, 0.3) is 0 Å². The Kier molecular flexibility index (Phi) is 11.0. The Morgan fingerprint density at radius 2 is 0.907 bits per heavy atom. The number of esters is 2. The number of ether oxygens (including phenoxy) is 2. The van der Waals surface area contributed by atoms with Gasteiger partial charge in [0.05, 0.1) is 23.6 Å². The van der Waals surface area contributed by atoms with Crippen LogP contribution in [-0.4, -0.2) is 36.2 Å². The van der Waals surface area contributed by atoms with Crippen molar-refractivity contribution in [3.8, 4) is 11.5 Å². The van der Waals surface area contributed by atoms with E-state index in [-0.39, 0.29) is 24.7 Å². The molecule has 0 saturated heterocycles. The fourth-order valence-corrected chi connectivity index (χ4v) is 3.60. The Morgan fingerprint density at radius 3 is 1.28 bits per heavy atom. The molecule has 0 aliphatic rings. The molecule has 4 aromatic rings. The molecule has 216 valence electrons. The maximum absolute atomic E-state index is 12.1. The Balaban J connectivity index is 1.10. The van der Waals surface area contributed by atoms with E-state index in [2.05, 4.69) is 21.1 Å². The Bertz CT molecular complexity index is 1470. The molecule has 0 saturated carbocycles. The van der Waals surface area contributed by atoms with Crippen molar-refractivity contribution >= 4 is 36.2 Å². The molecule has 0 radical (unpaired) electrons. The number of rotatable bonds is 12. The highest BCUT2D eigenvalue weighted by Gasteiger charge is 2.09. The molecule has 2 amide bonds. The molecule has 0 atom stereocenters. The van der Waals surface area contributed by atoms with E-state index in [0.717, 1.165) is 0 Å². The van der Waals surface area contributed by atoms with E-state index in [1.807, 2.05) is 12.1 Å². The van der Waals surface area contributed by atoms with Crippen molar-refractivity contribution in [2.45, 2.75) is 19.3 Å². The summed E-state index contributed by atoms with van der Waals surface area (Å²) in [6, 6.07) is 30.6. The number of nitrogens with one attached hydrogen (secondary N) is 2. The lowest BCUT2D eigenvalue weighted by Gasteiger charge is -2.04. The van der Waals surface area contributed by atoms with Crippen LogP contribution in [-0.2, 0) is 9.59 Å². The van der Waals surface area contributed by atoms with E-state index in [9.17, 15) is 19.2 Å². The maximum atomic E-state index is 12.1. The fourth-order valence-electron chi connectivity index (χ4n) is 3.60. The van der Waals surface area contributed by atoms with Crippen molar-refractivity contribution in [3.63, 3.8) is 0 Å². The maximum Gasteiger partial charge on any atom is 0.343 e. The first-order chi connectivity index (χ1) is 21.0. The van der Waals surface area contributed by atoms with E-state index in [0.29, 0.717) is 40.2 Å². The highest BCUT2D eigenvalue weighted by Crippen LogP contribution is 2.15. The standard InChI is InChI=1S/C33H28N4O6/c38-30(36-34-22-24-14-18-28(19-15-24)42-32(40)26-8-3-1-4-9-26)12-7-13-31(39)37-35-23-25-16-20-29(21-17-25)43-33(41)27-10-5-2-6-11-27/h1-6,8-11,14-23H,7,12-13H2,(H,36,38)(H,37,39). The molecule has 4 rings (SSSR count). The predicted molar refractivity (Wildman–Crippen MR) is 161 cm³/mol. The van der Waals surface area contributed by atoms with Crippen LogP contribution < -0.4 is 20.3 Å². The highest BCUT2D eigenvalue weighted by atomic mass is 16.5. The molecule has 0 fully saturated rings. The summed E-state index contributed by atoms with van der Waals surface area (Å²) in [4.78, 5) is 48.3. The molecule has 10 heteroatoms. The smallest absolute Gasteiger partial charge is 0.343 e. The second-order valence-corrected chi connectivity index (χ2v) is 9.09. The molecule has 0 aliphatic heterocycles. The van der Waals surface area contributed by atoms with Crippen molar-refractivity contribution in [1.29, 1.82) is 0 Å². The van der Waals surface area contributed by atoms with Gasteiger partial charge in [-0.15, -0.1) is 0 Å². The minimum Gasteiger partial charge on any atom is -0.423 e. The number of carbonyl (C=O) groups is 4. The van der Waals surface area contributed by atoms with Gasteiger partial charge >= 0.3 is 11.9 Å². The predicted octanol–water partition coefficient (Wildman–Crippen LogP) is 4.90. The molecule has 4 aromatic carbocycles. The van der Waals surface area contributed by atoms with Crippen LogP contribution in [0, 0.1) is 0 Å². The minimum absolute atomic E-state index is 0.103. The number of hydrogen-bond donors (Lipinski definition) is 2. The molecule has 43 heavy (non-hydrogen) atoms. The second kappa shape index (κ2) is 15.8. The zero-order valence-electron chi connectivity index (χ0n) is 23.0. The van der Waals surface area contributed by atoms with Gasteiger partial charge in [-0.25, -0.2) is 20.4 Å². The lowest BCUT2D eigenvalue weighted by atomic mass is 10.2. The molecule has 0 aromatic heterocycles. The van der Waals surface area contributed by atoms with Gasteiger partial charge in [0, 0.05) is 12.8 Å². The first-order valence-corrected chi connectivity index (χ1v) is 13.3. The normalized spacial score (nSPS) is 10.8. The van der Waals surface area contributed by atoms with E-state index >= 15 is 0 Å². The molecule has 10 nitrogen and oxygen atoms in total. The highest BCUT2D eigenvalue weighted by molar-refractivity contribution is 5.92. The molecular weight excluding hydrogens is 548 g/mol. The van der Waals surface area contributed by atoms with Crippen molar-refractivity contribution in [3.05, 3.63) is 131 Å². The van der Waals surface area contributed by atoms with E-state index < -0.39 is 11.9 Å². The third-order valence-corrected chi connectivity index (χ3v) is 5.81. The summed E-state index contributed by atoms with van der Waals surface area (Å²) in [5.74, 6) is -0.812. The van der Waals surface area contributed by atoms with Crippen molar-refractivity contribution < 1.29 is 28.7 Å². The third kappa shape index (κ3) is 10.2. The molecule has 0 bridgehead atoms. The average molecular weight is 577 g/mol. The first kappa shape index (κ1) is 30.1. The topological polar surface area (TPSA) is 136 Å². The van der Waals surface area contributed by atoms with Gasteiger partial charge in [0.1, 0.15) is 11.5 Å². The molecule has 0 unspecified atom stereocenters. The quantitative estimate of drug-likeness (QED) is 0.107. The first-order valence-electron chi connectivity index (χ1n) is 13.3. The Labute approximate surface area is 248 Å². The summed E-state index contributed by atoms with van der Waals surface area (Å²) in [6.45, 7) is 0. The van der Waals surface area contributed by atoms with E-state index in [4.69, 9.17) is 9.47 Å². The van der Waals surface area contributed by atoms with Gasteiger partial charge in [-0.3, -0.25) is 9.59 Å². The zero-order valence-corrected chi connectivity index (χ0v) is 23.0.